The lowest BCUT2D eigenvalue weighted by molar-refractivity contribution is -0.114. The van der Waals surface area contributed by atoms with Gasteiger partial charge >= 0.3 is 0 Å². The lowest BCUT2D eigenvalue weighted by Crippen LogP contribution is -2.21. The molecule has 0 bridgehead atoms. The number of nitrogens with two attached hydrogens (primary N) is 1. The van der Waals surface area contributed by atoms with E-state index in [1.165, 1.54) is 6.92 Å². The molecule has 8 heteroatoms. The molecule has 1 aliphatic heterocycles. The number of hydrogen-bond donors (Lipinski definition) is 3. The number of allylic oxidation sites excluding steroid dienone is 1. The van der Waals surface area contributed by atoms with Crippen LogP contribution in [0.4, 0.5) is 5.69 Å². The molecular weight excluding hydrogens is 394 g/mol. The summed E-state index contributed by atoms with van der Waals surface area (Å²) in [4.78, 5) is 11.3. The maximum atomic E-state index is 11.3. The summed E-state index contributed by atoms with van der Waals surface area (Å²) in [5.41, 5.74) is 10.2. The third-order valence-electron chi connectivity index (χ3n) is 4.96. The van der Waals surface area contributed by atoms with Crippen LogP contribution >= 0.6 is 0 Å². The van der Waals surface area contributed by atoms with Crippen LogP contribution in [0.1, 0.15) is 30.9 Å². The van der Waals surface area contributed by atoms with Crippen LogP contribution in [0.25, 0.3) is 11.3 Å². The number of rotatable bonds is 5. The number of aromatic amines is 1. The van der Waals surface area contributed by atoms with Crippen LogP contribution in [-0.2, 0) is 4.79 Å². The van der Waals surface area contributed by atoms with Crippen molar-refractivity contribution in [3.05, 3.63) is 71.1 Å². The van der Waals surface area contributed by atoms with Crippen molar-refractivity contribution in [1.82, 2.24) is 10.2 Å². The highest BCUT2D eigenvalue weighted by Gasteiger charge is 2.35. The number of hydrogen-bond acceptors (Lipinski definition) is 6. The van der Waals surface area contributed by atoms with E-state index in [4.69, 9.17) is 15.2 Å². The zero-order valence-corrected chi connectivity index (χ0v) is 17.1. The van der Waals surface area contributed by atoms with Gasteiger partial charge in [-0.15, -0.1) is 5.10 Å². The Kier molecular flexibility index (Phi) is 5.33. The van der Waals surface area contributed by atoms with Crippen LogP contribution in [0.5, 0.6) is 11.6 Å². The molecule has 0 saturated heterocycles. The third kappa shape index (κ3) is 3.81. The minimum atomic E-state index is -0.472. The summed E-state index contributed by atoms with van der Waals surface area (Å²) in [5, 5.41) is 19.9. The van der Waals surface area contributed by atoms with Gasteiger partial charge in [0.1, 0.15) is 17.4 Å². The van der Waals surface area contributed by atoms with Gasteiger partial charge in [0.2, 0.25) is 17.7 Å². The highest BCUT2D eigenvalue weighted by Crippen LogP contribution is 2.45. The monoisotopic (exact) mass is 415 g/mol. The Balaban J connectivity index is 1.80. The fraction of sp³-hybridized carbons (Fsp3) is 0.174. The van der Waals surface area contributed by atoms with Gasteiger partial charge in [0.05, 0.1) is 23.8 Å². The number of nitriles is 1. The van der Waals surface area contributed by atoms with Crippen molar-refractivity contribution in [3.63, 3.8) is 0 Å². The van der Waals surface area contributed by atoms with Crippen molar-refractivity contribution in [2.75, 3.05) is 11.9 Å². The number of fused-ring (bicyclic) bond motifs is 1. The fourth-order valence-electron chi connectivity index (χ4n) is 3.65. The Labute approximate surface area is 179 Å². The first-order valence-corrected chi connectivity index (χ1v) is 9.78. The van der Waals surface area contributed by atoms with Crippen LogP contribution in [-0.4, -0.2) is 22.7 Å². The number of H-pyrrole nitrogens is 1. The van der Waals surface area contributed by atoms with Gasteiger partial charge in [0, 0.05) is 18.2 Å². The van der Waals surface area contributed by atoms with E-state index in [0.29, 0.717) is 23.7 Å². The van der Waals surface area contributed by atoms with Crippen molar-refractivity contribution in [2.45, 2.75) is 19.8 Å². The molecule has 0 saturated carbocycles. The minimum absolute atomic E-state index is 0.0238. The smallest absolute Gasteiger partial charge is 0.244 e. The SMILES string of the molecule is CCOc1ccc(-c2[nH]nc3c2C(c2ccc(NC(C)=O)cc2)C(C#N)=C(N)O3)cc1. The van der Waals surface area contributed by atoms with Gasteiger partial charge in [-0.05, 0) is 48.9 Å². The van der Waals surface area contributed by atoms with E-state index in [2.05, 4.69) is 21.6 Å². The van der Waals surface area contributed by atoms with Gasteiger partial charge in [0.15, 0.2) is 0 Å². The second-order valence-corrected chi connectivity index (χ2v) is 7.00. The maximum absolute atomic E-state index is 11.3. The van der Waals surface area contributed by atoms with Crippen LogP contribution < -0.4 is 20.5 Å². The number of amides is 1. The lowest BCUT2D eigenvalue weighted by Gasteiger charge is -2.24. The van der Waals surface area contributed by atoms with Crippen LogP contribution in [0.2, 0.25) is 0 Å². The van der Waals surface area contributed by atoms with Crippen molar-refractivity contribution in [2.24, 2.45) is 5.73 Å². The predicted molar refractivity (Wildman–Crippen MR) is 115 cm³/mol. The van der Waals surface area contributed by atoms with Crippen molar-refractivity contribution in [3.8, 4) is 29.0 Å². The summed E-state index contributed by atoms with van der Waals surface area (Å²) < 4.78 is 11.2. The topological polar surface area (TPSA) is 126 Å². The number of nitrogens with one attached hydrogen (secondary N) is 2. The van der Waals surface area contributed by atoms with Crippen molar-refractivity contribution in [1.29, 1.82) is 5.26 Å². The molecule has 1 aromatic heterocycles. The molecule has 4 N–H and O–H groups in total. The summed E-state index contributed by atoms with van der Waals surface area (Å²) in [6.45, 7) is 3.96. The van der Waals surface area contributed by atoms with E-state index < -0.39 is 5.92 Å². The largest absolute Gasteiger partial charge is 0.494 e. The molecule has 2 heterocycles. The summed E-state index contributed by atoms with van der Waals surface area (Å²) in [6.07, 6.45) is 0. The van der Waals surface area contributed by atoms with E-state index in [1.807, 2.05) is 43.3 Å². The van der Waals surface area contributed by atoms with Gasteiger partial charge in [0.25, 0.3) is 0 Å². The number of nitrogens with zero attached hydrogens (tertiary/aromatic N) is 2. The van der Waals surface area contributed by atoms with Gasteiger partial charge in [-0.1, -0.05) is 12.1 Å². The quantitative estimate of drug-likeness (QED) is 0.584. The molecule has 0 radical (unpaired) electrons. The van der Waals surface area contributed by atoms with Gasteiger partial charge in [-0.2, -0.15) is 5.26 Å². The van der Waals surface area contributed by atoms with E-state index >= 15 is 0 Å². The average Bonchev–Trinajstić information content (AvgIpc) is 3.17. The predicted octanol–water partition coefficient (Wildman–Crippen LogP) is 3.65. The van der Waals surface area contributed by atoms with Crippen molar-refractivity contribution < 1.29 is 14.3 Å². The number of carbonyl (C=O) groups is 1. The third-order valence-corrected chi connectivity index (χ3v) is 4.96. The first kappa shape index (κ1) is 20.0. The van der Waals surface area contributed by atoms with Gasteiger partial charge < -0.3 is 20.5 Å². The number of aromatic nitrogens is 2. The second kappa shape index (κ2) is 8.24. The number of benzene rings is 2. The number of anilines is 1. The second-order valence-electron chi connectivity index (χ2n) is 7.00. The Bertz CT molecular complexity index is 1190. The van der Waals surface area contributed by atoms with Crippen LogP contribution in [0, 0.1) is 11.3 Å². The zero-order chi connectivity index (χ0) is 22.0. The molecule has 1 atom stereocenters. The van der Waals surface area contributed by atoms with Crippen molar-refractivity contribution >= 4 is 11.6 Å². The molecule has 2 aromatic carbocycles. The normalized spacial score (nSPS) is 14.9. The summed E-state index contributed by atoms with van der Waals surface area (Å²) in [5.74, 6) is 0.492. The molecular formula is C23H21N5O3. The molecule has 3 aromatic rings. The molecule has 1 aliphatic rings. The van der Waals surface area contributed by atoms with E-state index in [-0.39, 0.29) is 11.8 Å². The summed E-state index contributed by atoms with van der Waals surface area (Å²) in [6, 6.07) is 17.1. The fourth-order valence-corrected chi connectivity index (χ4v) is 3.65. The standard InChI is InChI=1S/C23H21N5O3/c1-3-30-17-10-6-15(7-11-17)21-20-19(14-4-8-16(9-5-14)26-13(2)29)18(12-24)22(25)31-23(20)28-27-21/h4-11,19H,3,25H2,1-2H3,(H,26,29)(H,27,28). The lowest BCUT2D eigenvalue weighted by atomic mass is 9.83. The molecule has 1 amide bonds. The minimum Gasteiger partial charge on any atom is -0.494 e. The molecule has 1 unspecified atom stereocenters. The number of ether oxygens (including phenoxy) is 2. The van der Waals surface area contributed by atoms with Gasteiger partial charge in [-0.25, -0.2) is 0 Å². The molecule has 0 fully saturated rings. The van der Waals surface area contributed by atoms with E-state index in [9.17, 15) is 10.1 Å². The molecule has 0 aliphatic carbocycles. The zero-order valence-electron chi connectivity index (χ0n) is 17.1. The van der Waals surface area contributed by atoms with Crippen LogP contribution in [0.15, 0.2) is 60.0 Å². The summed E-state index contributed by atoms with van der Waals surface area (Å²) >= 11 is 0. The molecule has 156 valence electrons. The maximum Gasteiger partial charge on any atom is 0.244 e. The molecule has 8 nitrogen and oxygen atoms in total. The van der Waals surface area contributed by atoms with Gasteiger partial charge in [-0.3, -0.25) is 9.89 Å². The Morgan fingerprint density at radius 1 is 1.26 bits per heavy atom. The first-order valence-electron chi connectivity index (χ1n) is 9.78. The molecule has 31 heavy (non-hydrogen) atoms. The highest BCUT2D eigenvalue weighted by molar-refractivity contribution is 5.88. The summed E-state index contributed by atoms with van der Waals surface area (Å²) in [7, 11) is 0. The Hall–Kier alpha value is -4.25. The number of carbonyl (C=O) groups excluding carboxylic acids is 1. The molecule has 0 spiro atoms. The van der Waals surface area contributed by atoms with Crippen LogP contribution in [0.3, 0.4) is 0 Å². The Morgan fingerprint density at radius 2 is 1.97 bits per heavy atom. The average molecular weight is 415 g/mol. The Morgan fingerprint density at radius 3 is 2.58 bits per heavy atom. The van der Waals surface area contributed by atoms with E-state index in [0.717, 1.165) is 28.1 Å². The molecule has 4 rings (SSSR count). The first-order chi connectivity index (χ1) is 15.0. The van der Waals surface area contributed by atoms with E-state index in [1.54, 1.807) is 12.1 Å². The highest BCUT2D eigenvalue weighted by atomic mass is 16.5.